The highest BCUT2D eigenvalue weighted by molar-refractivity contribution is 5.78. The molecule has 7 nitrogen and oxygen atoms in total. The zero-order valence-corrected chi connectivity index (χ0v) is 15.0. The quantitative estimate of drug-likeness (QED) is 0.860. The molecule has 2 aromatic rings. The second-order valence-electron chi connectivity index (χ2n) is 6.97. The molecule has 7 heteroatoms. The Morgan fingerprint density at radius 2 is 2.04 bits per heavy atom. The van der Waals surface area contributed by atoms with Crippen molar-refractivity contribution in [2.75, 3.05) is 26.8 Å². The second kappa shape index (κ2) is 7.35. The number of nitrogens with one attached hydrogen (secondary N) is 1. The fourth-order valence-electron chi connectivity index (χ4n) is 3.39. The molecule has 1 unspecified atom stereocenters. The average Bonchev–Trinajstić information content (AvgIpc) is 3.43. The van der Waals surface area contributed by atoms with Crippen LogP contribution >= 0.6 is 0 Å². The van der Waals surface area contributed by atoms with Crippen LogP contribution in [0.1, 0.15) is 49.2 Å². The molecule has 1 N–H and O–H groups in total. The maximum atomic E-state index is 12.6. The fourth-order valence-corrected chi connectivity index (χ4v) is 3.39. The van der Waals surface area contributed by atoms with Gasteiger partial charge in [0.05, 0.1) is 7.11 Å². The van der Waals surface area contributed by atoms with Crippen molar-refractivity contribution in [2.24, 2.45) is 0 Å². The van der Waals surface area contributed by atoms with E-state index in [1.165, 1.54) is 12.8 Å². The van der Waals surface area contributed by atoms with Crippen LogP contribution in [0.3, 0.4) is 0 Å². The molecule has 2 heterocycles. The molecule has 138 valence electrons. The highest BCUT2D eigenvalue weighted by Crippen LogP contribution is 2.38. The Bertz CT molecular complexity index is 772. The van der Waals surface area contributed by atoms with Crippen molar-refractivity contribution in [3.05, 3.63) is 35.9 Å². The summed E-state index contributed by atoms with van der Waals surface area (Å²) in [6.07, 6.45) is 4.37. The lowest BCUT2D eigenvalue weighted by Crippen LogP contribution is -2.41. The van der Waals surface area contributed by atoms with Gasteiger partial charge in [0.2, 0.25) is 0 Å². The van der Waals surface area contributed by atoms with Crippen molar-refractivity contribution >= 4 is 5.91 Å². The zero-order valence-electron chi connectivity index (χ0n) is 15.0. The molecule has 1 aliphatic carbocycles. The summed E-state index contributed by atoms with van der Waals surface area (Å²) >= 11 is 0. The van der Waals surface area contributed by atoms with Crippen LogP contribution in [0.4, 0.5) is 0 Å². The maximum absolute atomic E-state index is 12.6. The first-order valence-corrected chi connectivity index (χ1v) is 9.20. The van der Waals surface area contributed by atoms with Gasteiger partial charge in [-0.15, -0.1) is 0 Å². The minimum absolute atomic E-state index is 0.00834. The fraction of sp³-hybridized carbons (Fsp3) is 0.526. The van der Waals surface area contributed by atoms with E-state index in [4.69, 9.17) is 9.47 Å². The third-order valence-corrected chi connectivity index (χ3v) is 5.04. The van der Waals surface area contributed by atoms with E-state index in [1.807, 2.05) is 23.1 Å². The van der Waals surface area contributed by atoms with E-state index < -0.39 is 0 Å². The molecule has 1 aliphatic heterocycles. The van der Waals surface area contributed by atoms with Crippen LogP contribution in [0, 0.1) is 0 Å². The smallest absolute Gasteiger partial charge is 0.260 e. The van der Waals surface area contributed by atoms with Gasteiger partial charge in [-0.3, -0.25) is 9.89 Å². The Balaban J connectivity index is 1.35. The first-order valence-electron chi connectivity index (χ1n) is 9.20. The van der Waals surface area contributed by atoms with E-state index in [0.29, 0.717) is 24.0 Å². The van der Waals surface area contributed by atoms with Gasteiger partial charge in [-0.25, -0.2) is 4.98 Å². The molecule has 0 spiro atoms. The lowest BCUT2D eigenvalue weighted by molar-refractivity contribution is -0.134. The number of carbonyl (C=O) groups is 1. The van der Waals surface area contributed by atoms with Crippen molar-refractivity contribution in [1.82, 2.24) is 20.1 Å². The molecule has 2 fully saturated rings. The number of nitrogens with zero attached hydrogens (tertiary/aromatic N) is 3. The third kappa shape index (κ3) is 3.66. The molecule has 26 heavy (non-hydrogen) atoms. The Morgan fingerprint density at radius 1 is 1.23 bits per heavy atom. The summed E-state index contributed by atoms with van der Waals surface area (Å²) in [4.78, 5) is 19.1. The summed E-state index contributed by atoms with van der Waals surface area (Å²) in [5.41, 5.74) is 0. The molecule has 1 saturated heterocycles. The zero-order chi connectivity index (χ0) is 17.9. The highest BCUT2D eigenvalue weighted by atomic mass is 16.5. The Morgan fingerprint density at radius 3 is 2.81 bits per heavy atom. The van der Waals surface area contributed by atoms with Crippen molar-refractivity contribution in [3.8, 4) is 11.5 Å². The normalized spacial score (nSPS) is 20.0. The van der Waals surface area contributed by atoms with Crippen LogP contribution in [-0.2, 0) is 4.79 Å². The molecular weight excluding hydrogens is 332 g/mol. The number of rotatable bonds is 6. The van der Waals surface area contributed by atoms with Crippen molar-refractivity contribution < 1.29 is 14.3 Å². The number of hydrogen-bond acceptors (Lipinski definition) is 5. The first-order chi connectivity index (χ1) is 12.7. The Kier molecular flexibility index (Phi) is 4.77. The monoisotopic (exact) mass is 356 g/mol. The number of ether oxygens (including phenoxy) is 2. The van der Waals surface area contributed by atoms with Gasteiger partial charge in [-0.2, -0.15) is 5.10 Å². The van der Waals surface area contributed by atoms with Crippen molar-refractivity contribution in [2.45, 2.75) is 37.5 Å². The number of para-hydroxylation sites is 2. The van der Waals surface area contributed by atoms with Gasteiger partial charge < -0.3 is 14.4 Å². The van der Waals surface area contributed by atoms with Crippen LogP contribution in [0.15, 0.2) is 24.3 Å². The average molecular weight is 356 g/mol. The molecule has 1 aromatic heterocycles. The van der Waals surface area contributed by atoms with E-state index in [2.05, 4.69) is 15.2 Å². The van der Waals surface area contributed by atoms with Crippen molar-refractivity contribution in [3.63, 3.8) is 0 Å². The largest absolute Gasteiger partial charge is 0.493 e. The van der Waals surface area contributed by atoms with Crippen LogP contribution in [0.2, 0.25) is 0 Å². The number of benzene rings is 1. The molecule has 1 saturated carbocycles. The van der Waals surface area contributed by atoms with Gasteiger partial charge in [-0.1, -0.05) is 12.1 Å². The van der Waals surface area contributed by atoms with Gasteiger partial charge >= 0.3 is 0 Å². The summed E-state index contributed by atoms with van der Waals surface area (Å²) in [5, 5.41) is 7.45. The minimum Gasteiger partial charge on any atom is -0.493 e. The lowest BCUT2D eigenvalue weighted by atomic mass is 9.97. The van der Waals surface area contributed by atoms with Crippen LogP contribution in [-0.4, -0.2) is 52.8 Å². The van der Waals surface area contributed by atoms with Crippen LogP contribution in [0.25, 0.3) is 0 Å². The molecule has 1 amide bonds. The summed E-state index contributed by atoms with van der Waals surface area (Å²) in [5.74, 6) is 3.80. The standard InChI is InChI=1S/C19H24N4O3/c1-25-15-6-2-3-7-16(15)26-12-17(24)23-10-4-5-14(11-23)19-20-18(21-22-19)13-8-9-13/h2-3,6-7,13-14H,4-5,8-12H2,1H3,(H,20,21,22). The van der Waals surface area contributed by atoms with Crippen LogP contribution in [0.5, 0.6) is 11.5 Å². The number of amides is 1. The molecule has 4 rings (SSSR count). The predicted octanol–water partition coefficient (Wildman–Crippen LogP) is 2.48. The van der Waals surface area contributed by atoms with Gasteiger partial charge in [0.25, 0.3) is 5.91 Å². The molecule has 1 aromatic carbocycles. The van der Waals surface area contributed by atoms with E-state index in [9.17, 15) is 4.79 Å². The van der Waals surface area contributed by atoms with Gasteiger partial charge in [0.15, 0.2) is 23.9 Å². The summed E-state index contributed by atoms with van der Waals surface area (Å²) in [6, 6.07) is 7.35. The van der Waals surface area contributed by atoms with Crippen molar-refractivity contribution in [1.29, 1.82) is 0 Å². The van der Waals surface area contributed by atoms with E-state index >= 15 is 0 Å². The topological polar surface area (TPSA) is 80.3 Å². The van der Waals surface area contributed by atoms with E-state index in [-0.39, 0.29) is 18.4 Å². The van der Waals surface area contributed by atoms with E-state index in [0.717, 1.165) is 31.0 Å². The summed E-state index contributed by atoms with van der Waals surface area (Å²) < 4.78 is 10.9. The third-order valence-electron chi connectivity index (χ3n) is 5.04. The number of methoxy groups -OCH3 is 1. The van der Waals surface area contributed by atoms with Gasteiger partial charge in [-0.05, 0) is 37.8 Å². The SMILES string of the molecule is COc1ccccc1OCC(=O)N1CCCC(c2n[nH]c(C3CC3)n2)C1. The molecule has 2 aliphatic rings. The number of carbonyl (C=O) groups excluding carboxylic acids is 1. The minimum atomic E-state index is -0.0152. The maximum Gasteiger partial charge on any atom is 0.260 e. The second-order valence-corrected chi connectivity index (χ2v) is 6.97. The van der Waals surface area contributed by atoms with Gasteiger partial charge in [0.1, 0.15) is 5.82 Å². The molecule has 1 atom stereocenters. The molecule has 0 radical (unpaired) electrons. The number of H-pyrrole nitrogens is 1. The highest BCUT2D eigenvalue weighted by Gasteiger charge is 2.31. The first kappa shape index (κ1) is 16.9. The van der Waals surface area contributed by atoms with E-state index in [1.54, 1.807) is 13.2 Å². The number of aromatic nitrogens is 3. The number of hydrogen-bond donors (Lipinski definition) is 1. The predicted molar refractivity (Wildman–Crippen MR) is 95.4 cm³/mol. The summed E-state index contributed by atoms with van der Waals surface area (Å²) in [6.45, 7) is 1.41. The number of piperidine rings is 1. The Hall–Kier alpha value is -2.57. The van der Waals surface area contributed by atoms with Gasteiger partial charge in [0, 0.05) is 24.9 Å². The van der Waals surface area contributed by atoms with Crippen LogP contribution < -0.4 is 9.47 Å². The number of likely N-dealkylation sites (tertiary alicyclic amines) is 1. The lowest BCUT2D eigenvalue weighted by Gasteiger charge is -2.31. The molecular formula is C19H24N4O3. The number of aromatic amines is 1. The Labute approximate surface area is 152 Å². The summed E-state index contributed by atoms with van der Waals surface area (Å²) in [7, 11) is 1.59. The molecule has 0 bridgehead atoms.